The predicted molar refractivity (Wildman–Crippen MR) is 51.4 cm³/mol. The molecule has 0 saturated heterocycles. The monoisotopic (exact) mass is 530 g/mol. The van der Waals surface area contributed by atoms with Crippen LogP contribution in [0.2, 0.25) is 0 Å². The van der Waals surface area contributed by atoms with Crippen LogP contribution in [0.15, 0.2) is 0 Å². The van der Waals surface area contributed by atoms with Gasteiger partial charge >= 0.3 is 137 Å². The van der Waals surface area contributed by atoms with Crippen LogP contribution in [0.3, 0.4) is 0 Å². The Morgan fingerprint density at radius 2 is 0.857 bits per heavy atom. The predicted octanol–water partition coefficient (Wildman–Crippen LogP) is -5.29. The number of carboxylic acid groups (broad SMARTS) is 2. The maximum Gasteiger partial charge on any atom is 1.00 e. The van der Waals surface area contributed by atoms with E-state index in [4.69, 9.17) is 0 Å². The molecule has 2 atom stereocenters. The first-order valence-electron chi connectivity index (χ1n) is 5.15. The molecule has 0 aliphatic carbocycles. The van der Waals surface area contributed by atoms with Gasteiger partial charge in [-0.2, -0.15) is 43.9 Å². The number of hydrogen-bond acceptors (Lipinski definition) is 6. The molecule has 0 aromatic carbocycles. The van der Waals surface area contributed by atoms with Crippen molar-refractivity contribution in [2.75, 3.05) is 0 Å². The first kappa shape index (κ1) is 34.6. The fourth-order valence-corrected chi connectivity index (χ4v) is 1.16. The third kappa shape index (κ3) is 7.27. The van der Waals surface area contributed by atoms with E-state index < -0.39 is 46.6 Å². The van der Waals surface area contributed by atoms with Gasteiger partial charge in [-0.25, -0.2) is 0 Å². The molecule has 6 nitrogen and oxygen atoms in total. The quantitative estimate of drug-likeness (QED) is 0.135. The molecule has 0 saturated carbocycles. The van der Waals surface area contributed by atoms with Crippen LogP contribution in [0.25, 0.3) is 0 Å². The minimum Gasteiger partial charge on any atom is -0.544 e. The van der Waals surface area contributed by atoms with Crippen molar-refractivity contribution in [3.63, 3.8) is 0 Å². The molecule has 28 heavy (non-hydrogen) atoms. The second kappa shape index (κ2) is 10.8. The van der Waals surface area contributed by atoms with E-state index in [2.05, 4.69) is 32.7 Å². The van der Waals surface area contributed by atoms with Gasteiger partial charge in [0.05, 0.1) is 0 Å². The Bertz CT molecular complexity index is 544. The number of carboxylic acids is 2. The largest absolute Gasteiger partial charge is 1.00 e. The number of carbonyl (C=O) groups is 2. The van der Waals surface area contributed by atoms with E-state index in [0.29, 0.717) is 0 Å². The summed E-state index contributed by atoms with van der Waals surface area (Å²) >= 11 is 7.55. The van der Waals surface area contributed by atoms with Crippen LogP contribution in [0.4, 0.5) is 43.9 Å². The zero-order valence-corrected chi connectivity index (χ0v) is 20.7. The normalized spacial score (nSPS) is 19.1. The molecule has 0 aliphatic heterocycles. The Morgan fingerprint density at radius 1 is 0.643 bits per heavy atom. The van der Waals surface area contributed by atoms with E-state index in [1.807, 2.05) is 0 Å². The van der Waals surface area contributed by atoms with Crippen LogP contribution in [0, 0.1) is 0 Å². The number of hydrogen-bond donors (Lipinski definition) is 0. The number of halogens is 12. The van der Waals surface area contributed by atoms with Gasteiger partial charge in [-0.1, -0.05) is 0 Å². The minimum atomic E-state index is -7.18. The summed E-state index contributed by atoms with van der Waals surface area (Å²) < 4.78 is 133. The third-order valence-electron chi connectivity index (χ3n) is 2.14. The van der Waals surface area contributed by atoms with Crippen LogP contribution in [-0.2, 0) is 19.1 Å². The Labute approximate surface area is 242 Å². The van der Waals surface area contributed by atoms with Crippen molar-refractivity contribution in [1.29, 1.82) is 0 Å². The van der Waals surface area contributed by atoms with Gasteiger partial charge in [-0.15, -0.1) is 0 Å². The summed E-state index contributed by atoms with van der Waals surface area (Å²) in [7, 11) is 0. The molecule has 0 aromatic rings. The van der Waals surface area contributed by atoms with Gasteiger partial charge in [0.2, 0.25) is 0 Å². The minimum absolute atomic E-state index is 0. The first-order chi connectivity index (χ1) is 11.1. The Balaban J connectivity index is -0.00000312. The zero-order valence-electron chi connectivity index (χ0n) is 13.0. The summed E-state index contributed by atoms with van der Waals surface area (Å²) in [4.78, 5) is 20.4. The maximum atomic E-state index is 13.7. The van der Waals surface area contributed by atoms with Crippen LogP contribution in [0.5, 0.6) is 0 Å². The van der Waals surface area contributed by atoms with Gasteiger partial charge < -0.3 is 19.8 Å². The van der Waals surface area contributed by atoms with E-state index in [1.54, 1.807) is 0 Å². The van der Waals surface area contributed by atoms with Crippen molar-refractivity contribution >= 4 is 35.1 Å². The second-order valence-corrected chi connectivity index (χ2v) is 4.95. The summed E-state index contributed by atoms with van der Waals surface area (Å²) in [6.07, 6.45) is -7.18. The van der Waals surface area contributed by atoms with Crippen molar-refractivity contribution in [1.82, 2.24) is 0 Å². The molecular formula is C8Cl2F10K2O6. The van der Waals surface area contributed by atoms with Gasteiger partial charge in [0, 0.05) is 0 Å². The summed E-state index contributed by atoms with van der Waals surface area (Å²) in [5.74, 6) is -20.7. The smallest absolute Gasteiger partial charge is 0.544 e. The number of aliphatic carboxylic acids is 2. The SMILES string of the molecule is O=C([O-])C(F)(OC(F)(OC(F)(C(=O)[O-])C(F)(F)Cl)C(F)(F)F)C(F)(F)Cl.[K+].[K+]. The van der Waals surface area contributed by atoms with E-state index in [1.165, 1.54) is 0 Å². The number of carbonyl (C=O) groups excluding carboxylic acids is 2. The summed E-state index contributed by atoms with van der Waals surface area (Å²) in [6.45, 7) is 0. The zero-order chi connectivity index (χ0) is 21.6. The molecule has 0 N–H and O–H groups in total. The molecule has 0 radical (unpaired) electrons. The molecule has 0 aliphatic rings. The Morgan fingerprint density at radius 3 is 0.964 bits per heavy atom. The standard InChI is InChI=1S/C8H2Cl2F10O6.2K/c9-5(13,14)3(11,1(21)22)25-8(20,7(17,18)19)26-4(12,2(23)24)6(10,15)16;;/h(H,21,22)(H,23,24);;/q;2*+1/p-2. The number of ether oxygens (including phenoxy) is 2. The average molecular weight is 531 g/mol. The number of alkyl halides is 12. The molecule has 0 fully saturated rings. The Hall–Kier alpha value is 2.01. The fraction of sp³-hybridized carbons (Fsp3) is 0.750. The average Bonchev–Trinajstić information content (AvgIpc) is 2.33. The van der Waals surface area contributed by atoms with E-state index in [-0.39, 0.29) is 103 Å². The second-order valence-electron chi connectivity index (χ2n) is 4.00. The van der Waals surface area contributed by atoms with Crippen molar-refractivity contribution in [2.45, 2.75) is 34.7 Å². The van der Waals surface area contributed by atoms with Crippen LogP contribution in [-0.4, -0.2) is 46.6 Å². The van der Waals surface area contributed by atoms with Crippen molar-refractivity contribution in [2.24, 2.45) is 0 Å². The van der Waals surface area contributed by atoms with Gasteiger partial charge in [0.25, 0.3) is 0 Å². The summed E-state index contributed by atoms with van der Waals surface area (Å²) in [5.41, 5.74) is 0. The molecular weight excluding hydrogens is 531 g/mol. The van der Waals surface area contributed by atoms with Gasteiger partial charge in [-0.05, 0) is 23.2 Å². The van der Waals surface area contributed by atoms with Gasteiger partial charge in [0.15, 0.2) is 0 Å². The van der Waals surface area contributed by atoms with Crippen molar-refractivity contribution in [3.05, 3.63) is 0 Å². The van der Waals surface area contributed by atoms with Crippen molar-refractivity contribution in [3.8, 4) is 0 Å². The summed E-state index contributed by atoms with van der Waals surface area (Å²) in [5, 5.41) is 8.20. The Kier molecular flexibility index (Phi) is 13.3. The fourth-order valence-electron chi connectivity index (χ4n) is 0.929. The molecule has 0 rings (SSSR count). The van der Waals surface area contributed by atoms with Crippen LogP contribution >= 0.6 is 23.2 Å². The topological polar surface area (TPSA) is 98.7 Å². The summed E-state index contributed by atoms with van der Waals surface area (Å²) in [6, 6.07) is -6.94. The molecule has 0 heterocycles. The van der Waals surface area contributed by atoms with Crippen molar-refractivity contribution < 1.29 is 176 Å². The molecule has 0 amide bonds. The molecule has 2 unspecified atom stereocenters. The third-order valence-corrected chi connectivity index (χ3v) is 2.62. The molecule has 0 bridgehead atoms. The maximum absolute atomic E-state index is 13.7. The number of rotatable bonds is 8. The molecule has 0 aromatic heterocycles. The van der Waals surface area contributed by atoms with E-state index in [9.17, 15) is 63.7 Å². The molecule has 0 spiro atoms. The van der Waals surface area contributed by atoms with Gasteiger partial charge in [-0.3, -0.25) is 9.47 Å². The van der Waals surface area contributed by atoms with E-state index in [0.717, 1.165) is 0 Å². The molecule has 154 valence electrons. The van der Waals surface area contributed by atoms with Gasteiger partial charge in [0.1, 0.15) is 11.9 Å². The first-order valence-corrected chi connectivity index (χ1v) is 5.91. The van der Waals surface area contributed by atoms with Crippen LogP contribution < -0.4 is 113 Å². The van der Waals surface area contributed by atoms with Crippen LogP contribution in [0.1, 0.15) is 0 Å². The van der Waals surface area contributed by atoms with E-state index >= 15 is 0 Å². The molecule has 20 heteroatoms.